The highest BCUT2D eigenvalue weighted by atomic mass is 16.4. The van der Waals surface area contributed by atoms with E-state index in [0.29, 0.717) is 26.1 Å². The summed E-state index contributed by atoms with van der Waals surface area (Å²) in [6.07, 6.45) is 3.74. The van der Waals surface area contributed by atoms with Gasteiger partial charge < -0.3 is 15.3 Å². The molecule has 1 saturated heterocycles. The second kappa shape index (κ2) is 9.81. The van der Waals surface area contributed by atoms with E-state index in [1.165, 1.54) is 0 Å². The van der Waals surface area contributed by atoms with Gasteiger partial charge in [0.15, 0.2) is 0 Å². The Balaban J connectivity index is 1.64. The highest BCUT2D eigenvalue weighted by molar-refractivity contribution is 5.89. The number of unbranched alkanes of at least 4 members (excludes halogenated alkanes) is 3. The molecule has 1 unspecified atom stereocenters. The van der Waals surface area contributed by atoms with Crippen molar-refractivity contribution in [3.05, 3.63) is 35.9 Å². The minimum atomic E-state index is -0.765. The fourth-order valence-electron chi connectivity index (χ4n) is 3.02. The summed E-state index contributed by atoms with van der Waals surface area (Å²) in [5, 5.41) is 11.5. The molecule has 1 aliphatic heterocycles. The smallest absolute Gasteiger partial charge is 0.303 e. The first-order valence-corrected chi connectivity index (χ1v) is 8.87. The molecule has 1 atom stereocenters. The van der Waals surface area contributed by atoms with Gasteiger partial charge in [-0.05, 0) is 18.4 Å². The molecule has 0 radical (unpaired) electrons. The zero-order valence-electron chi connectivity index (χ0n) is 14.4. The summed E-state index contributed by atoms with van der Waals surface area (Å²) in [4.78, 5) is 36.4. The van der Waals surface area contributed by atoms with Gasteiger partial charge in [-0.1, -0.05) is 43.2 Å². The highest BCUT2D eigenvalue weighted by Gasteiger charge is 2.33. The number of hydrogen-bond donors (Lipinski definition) is 2. The summed E-state index contributed by atoms with van der Waals surface area (Å²) < 4.78 is 0. The van der Waals surface area contributed by atoms with Crippen LogP contribution in [0.1, 0.15) is 44.1 Å². The number of carboxylic acid groups (broad SMARTS) is 1. The maximum Gasteiger partial charge on any atom is 0.303 e. The molecule has 1 aromatic carbocycles. The first-order valence-electron chi connectivity index (χ1n) is 8.87. The van der Waals surface area contributed by atoms with E-state index in [0.717, 1.165) is 24.8 Å². The van der Waals surface area contributed by atoms with Crippen LogP contribution in [0.4, 0.5) is 0 Å². The average Bonchev–Trinajstić information content (AvgIpc) is 2.95. The van der Waals surface area contributed by atoms with Gasteiger partial charge in [0.2, 0.25) is 11.8 Å². The quantitative estimate of drug-likeness (QED) is 0.636. The largest absolute Gasteiger partial charge is 0.481 e. The predicted octanol–water partition coefficient (Wildman–Crippen LogP) is 2.19. The molecule has 0 bridgehead atoms. The molecule has 136 valence electrons. The maximum atomic E-state index is 12.2. The minimum Gasteiger partial charge on any atom is -0.481 e. The summed E-state index contributed by atoms with van der Waals surface area (Å²) in [6.45, 7) is 1.60. The van der Waals surface area contributed by atoms with E-state index < -0.39 is 5.97 Å². The Kier molecular flexibility index (Phi) is 7.44. The molecule has 0 saturated carbocycles. The molecule has 6 heteroatoms. The first-order chi connectivity index (χ1) is 12.1. The number of amides is 2. The summed E-state index contributed by atoms with van der Waals surface area (Å²) in [7, 11) is 0. The number of likely N-dealkylation sites (tertiary alicyclic amines) is 1. The molecular formula is C19H26N2O4. The van der Waals surface area contributed by atoms with Crippen molar-refractivity contribution >= 4 is 17.8 Å². The first kappa shape index (κ1) is 19.0. The monoisotopic (exact) mass is 346 g/mol. The molecule has 1 aliphatic rings. The zero-order chi connectivity index (χ0) is 18.1. The molecule has 6 nitrogen and oxygen atoms in total. The van der Waals surface area contributed by atoms with Crippen LogP contribution in [-0.4, -0.2) is 40.9 Å². The van der Waals surface area contributed by atoms with Gasteiger partial charge in [0.1, 0.15) is 0 Å². The topological polar surface area (TPSA) is 86.7 Å². The number of rotatable bonds is 10. The van der Waals surface area contributed by atoms with E-state index in [2.05, 4.69) is 5.32 Å². The summed E-state index contributed by atoms with van der Waals surface area (Å²) >= 11 is 0. The number of nitrogens with one attached hydrogen (secondary N) is 1. The van der Waals surface area contributed by atoms with Crippen molar-refractivity contribution in [1.82, 2.24) is 10.2 Å². The molecule has 25 heavy (non-hydrogen) atoms. The van der Waals surface area contributed by atoms with Crippen molar-refractivity contribution in [3.63, 3.8) is 0 Å². The van der Waals surface area contributed by atoms with Crippen LogP contribution >= 0.6 is 0 Å². The number of carbonyl (C=O) groups excluding carboxylic acids is 2. The minimum absolute atomic E-state index is 0.0256. The Labute approximate surface area is 148 Å². The second-order valence-electron chi connectivity index (χ2n) is 6.51. The molecule has 0 aliphatic carbocycles. The van der Waals surface area contributed by atoms with Crippen LogP contribution < -0.4 is 5.32 Å². The van der Waals surface area contributed by atoms with Crippen LogP contribution in [-0.2, 0) is 20.9 Å². The highest BCUT2D eigenvalue weighted by Crippen LogP contribution is 2.20. The van der Waals surface area contributed by atoms with Gasteiger partial charge >= 0.3 is 5.97 Å². The summed E-state index contributed by atoms with van der Waals surface area (Å²) in [6, 6.07) is 9.77. The Morgan fingerprint density at radius 3 is 2.56 bits per heavy atom. The van der Waals surface area contributed by atoms with Gasteiger partial charge in [0.25, 0.3) is 0 Å². The van der Waals surface area contributed by atoms with Gasteiger partial charge in [-0.2, -0.15) is 0 Å². The molecule has 0 spiro atoms. The van der Waals surface area contributed by atoms with Crippen molar-refractivity contribution in [2.75, 3.05) is 13.1 Å². The van der Waals surface area contributed by atoms with Gasteiger partial charge in [-0.3, -0.25) is 14.4 Å². The third kappa shape index (κ3) is 6.57. The standard InChI is InChI=1S/C19H26N2O4/c22-17-12-16(14-21(17)13-15-8-4-3-5-9-15)19(25)20-11-7-2-1-6-10-18(23)24/h3-5,8-9,16H,1-2,6-7,10-14H2,(H,20,25)(H,23,24). The molecular weight excluding hydrogens is 320 g/mol. The molecule has 1 aromatic rings. The lowest BCUT2D eigenvalue weighted by Crippen LogP contribution is -2.33. The zero-order valence-corrected chi connectivity index (χ0v) is 14.4. The molecule has 2 amide bonds. The van der Waals surface area contributed by atoms with Crippen LogP contribution in [0.3, 0.4) is 0 Å². The van der Waals surface area contributed by atoms with E-state index in [4.69, 9.17) is 5.11 Å². The van der Waals surface area contributed by atoms with E-state index >= 15 is 0 Å². The van der Waals surface area contributed by atoms with Gasteiger partial charge in [-0.15, -0.1) is 0 Å². The van der Waals surface area contributed by atoms with Crippen LogP contribution in [0.15, 0.2) is 30.3 Å². The van der Waals surface area contributed by atoms with E-state index in [9.17, 15) is 14.4 Å². The Bertz CT molecular complexity index is 588. The maximum absolute atomic E-state index is 12.2. The number of nitrogens with zero attached hydrogens (tertiary/aromatic N) is 1. The van der Waals surface area contributed by atoms with Crippen molar-refractivity contribution in [2.24, 2.45) is 5.92 Å². The van der Waals surface area contributed by atoms with Gasteiger partial charge in [0.05, 0.1) is 5.92 Å². The Morgan fingerprint density at radius 1 is 1.12 bits per heavy atom. The van der Waals surface area contributed by atoms with Crippen molar-refractivity contribution in [1.29, 1.82) is 0 Å². The molecule has 1 heterocycles. The van der Waals surface area contributed by atoms with Crippen molar-refractivity contribution in [2.45, 2.75) is 45.1 Å². The number of benzene rings is 1. The van der Waals surface area contributed by atoms with E-state index in [1.54, 1.807) is 4.90 Å². The van der Waals surface area contributed by atoms with Crippen LogP contribution in [0.2, 0.25) is 0 Å². The molecule has 2 N–H and O–H groups in total. The Hall–Kier alpha value is -2.37. The van der Waals surface area contributed by atoms with E-state index in [1.807, 2.05) is 30.3 Å². The summed E-state index contributed by atoms with van der Waals surface area (Å²) in [5.41, 5.74) is 1.07. The second-order valence-corrected chi connectivity index (χ2v) is 6.51. The SMILES string of the molecule is O=C(O)CCCCCCNC(=O)C1CC(=O)N(Cc2ccccc2)C1. The fraction of sp³-hybridized carbons (Fsp3) is 0.526. The molecule has 1 fully saturated rings. The molecule has 0 aromatic heterocycles. The van der Waals surface area contributed by atoms with Crippen LogP contribution in [0.25, 0.3) is 0 Å². The van der Waals surface area contributed by atoms with E-state index in [-0.39, 0.29) is 30.6 Å². The third-order valence-corrected chi connectivity index (χ3v) is 4.42. The van der Waals surface area contributed by atoms with Crippen LogP contribution in [0, 0.1) is 5.92 Å². The lowest BCUT2D eigenvalue weighted by atomic mass is 10.1. The fourth-order valence-corrected chi connectivity index (χ4v) is 3.02. The average molecular weight is 346 g/mol. The number of carbonyl (C=O) groups is 3. The van der Waals surface area contributed by atoms with Crippen molar-refractivity contribution in [3.8, 4) is 0 Å². The summed E-state index contributed by atoms with van der Waals surface area (Å²) in [5.74, 6) is -1.07. The molecule has 2 rings (SSSR count). The lowest BCUT2D eigenvalue weighted by molar-refractivity contribution is -0.137. The van der Waals surface area contributed by atoms with Gasteiger partial charge in [0, 0.05) is 32.5 Å². The third-order valence-electron chi connectivity index (χ3n) is 4.42. The van der Waals surface area contributed by atoms with Crippen molar-refractivity contribution < 1.29 is 19.5 Å². The van der Waals surface area contributed by atoms with Gasteiger partial charge in [-0.25, -0.2) is 0 Å². The normalized spacial score (nSPS) is 16.9. The number of hydrogen-bond acceptors (Lipinski definition) is 3. The number of carboxylic acids is 1. The number of aliphatic carboxylic acids is 1. The lowest BCUT2D eigenvalue weighted by Gasteiger charge is -2.16. The predicted molar refractivity (Wildman–Crippen MR) is 93.7 cm³/mol. The Morgan fingerprint density at radius 2 is 1.84 bits per heavy atom. The van der Waals surface area contributed by atoms with Crippen LogP contribution in [0.5, 0.6) is 0 Å².